The summed E-state index contributed by atoms with van der Waals surface area (Å²) in [5.41, 5.74) is 2.16. The molecule has 5 rings (SSSR count). The molecular weight excluding hydrogens is 386 g/mol. The third-order valence-electron chi connectivity index (χ3n) is 5.20. The molecule has 9 heteroatoms. The number of rotatable bonds is 4. The lowest BCUT2D eigenvalue weighted by atomic mass is 10.0. The molecule has 0 bridgehead atoms. The number of nitrogens with one attached hydrogen (secondary N) is 1. The van der Waals surface area contributed by atoms with Gasteiger partial charge in [-0.25, -0.2) is 0 Å². The van der Waals surface area contributed by atoms with Crippen LogP contribution in [0.15, 0.2) is 53.1 Å². The second-order valence-electron chi connectivity index (χ2n) is 7.10. The summed E-state index contributed by atoms with van der Waals surface area (Å²) in [6, 6.07) is 14.1. The fourth-order valence-electron chi connectivity index (χ4n) is 3.93. The van der Waals surface area contributed by atoms with Crippen LogP contribution in [0.2, 0.25) is 0 Å². The second-order valence-corrected chi connectivity index (χ2v) is 7.10. The van der Waals surface area contributed by atoms with Gasteiger partial charge in [0.2, 0.25) is 11.8 Å². The summed E-state index contributed by atoms with van der Waals surface area (Å²) < 4.78 is 4.99. The van der Waals surface area contributed by atoms with Gasteiger partial charge in [-0.15, -0.1) is 0 Å². The normalized spacial score (nSPS) is 16.9. The van der Waals surface area contributed by atoms with Crippen LogP contribution in [0.1, 0.15) is 44.2 Å². The quantitative estimate of drug-likeness (QED) is 0.712. The Morgan fingerprint density at radius 1 is 1.07 bits per heavy atom. The third-order valence-corrected chi connectivity index (χ3v) is 5.20. The lowest BCUT2D eigenvalue weighted by Gasteiger charge is -2.40. The zero-order chi connectivity index (χ0) is 20.8. The molecule has 150 valence electrons. The van der Waals surface area contributed by atoms with Crippen molar-refractivity contribution in [2.75, 3.05) is 11.4 Å². The maximum atomic E-state index is 13.3. The number of aromatic nitrogens is 2. The average molecular weight is 403 g/mol. The first-order valence-corrected chi connectivity index (χ1v) is 9.43. The summed E-state index contributed by atoms with van der Waals surface area (Å²) in [6.45, 7) is 1.52. The van der Waals surface area contributed by atoms with E-state index < -0.39 is 12.1 Å². The van der Waals surface area contributed by atoms with Crippen LogP contribution in [0.25, 0.3) is 0 Å². The van der Waals surface area contributed by atoms with Crippen LogP contribution in [0, 0.1) is 6.92 Å². The highest BCUT2D eigenvalue weighted by atomic mass is 16.5. The number of fused-ring (bicyclic) bond motifs is 5. The van der Waals surface area contributed by atoms with Gasteiger partial charge in [-0.3, -0.25) is 19.3 Å². The van der Waals surface area contributed by atoms with E-state index in [-0.39, 0.29) is 30.8 Å². The van der Waals surface area contributed by atoms with E-state index >= 15 is 0 Å². The number of hydrogen-bond acceptors (Lipinski definition) is 6. The number of hydrogen-bond donors (Lipinski definition) is 1. The van der Waals surface area contributed by atoms with Crippen molar-refractivity contribution in [3.63, 3.8) is 0 Å². The van der Waals surface area contributed by atoms with Gasteiger partial charge in [-0.2, -0.15) is 4.98 Å². The van der Waals surface area contributed by atoms with E-state index in [2.05, 4.69) is 15.5 Å². The standard InChI is InChI=1S/C21H17N5O4/c1-12-23-18(30-24-12)10-22-17(27)11-25-19-13-6-2-3-7-14(13)21(29)26(19)16-9-5-4-8-15(16)20(25)28/h2-9,19H,10-11H2,1H3,(H,22,27)/t19-/m0/s1. The van der Waals surface area contributed by atoms with Gasteiger partial charge in [0.15, 0.2) is 5.82 Å². The van der Waals surface area contributed by atoms with Crippen LogP contribution < -0.4 is 10.2 Å². The van der Waals surface area contributed by atoms with Crippen LogP contribution in [-0.2, 0) is 11.3 Å². The van der Waals surface area contributed by atoms with E-state index in [4.69, 9.17) is 4.52 Å². The maximum Gasteiger partial charge on any atom is 0.260 e. The minimum Gasteiger partial charge on any atom is -0.345 e. The molecule has 0 spiro atoms. The number of anilines is 1. The highest BCUT2D eigenvalue weighted by Gasteiger charge is 2.47. The van der Waals surface area contributed by atoms with Crippen molar-refractivity contribution in [1.82, 2.24) is 20.4 Å². The molecule has 2 aromatic carbocycles. The number of benzene rings is 2. The molecule has 3 amide bonds. The summed E-state index contributed by atoms with van der Waals surface area (Å²) in [5.74, 6) is -0.143. The van der Waals surface area contributed by atoms with E-state index in [1.807, 2.05) is 12.1 Å². The van der Waals surface area contributed by atoms with Gasteiger partial charge < -0.3 is 14.7 Å². The maximum absolute atomic E-state index is 13.3. The monoisotopic (exact) mass is 403 g/mol. The van der Waals surface area contributed by atoms with Crippen LogP contribution >= 0.6 is 0 Å². The average Bonchev–Trinajstić information content (AvgIpc) is 3.31. The van der Waals surface area contributed by atoms with Gasteiger partial charge in [0.1, 0.15) is 12.7 Å². The van der Waals surface area contributed by atoms with E-state index in [0.29, 0.717) is 28.2 Å². The highest BCUT2D eigenvalue weighted by Crippen LogP contribution is 2.44. The Labute approximate surface area is 171 Å². The third kappa shape index (κ3) is 2.74. The first kappa shape index (κ1) is 18.0. The van der Waals surface area contributed by atoms with Crippen molar-refractivity contribution in [1.29, 1.82) is 0 Å². The van der Waals surface area contributed by atoms with E-state index in [1.54, 1.807) is 48.2 Å². The lowest BCUT2D eigenvalue weighted by Crippen LogP contribution is -2.51. The first-order chi connectivity index (χ1) is 14.5. The van der Waals surface area contributed by atoms with E-state index in [0.717, 1.165) is 0 Å². The molecule has 3 aromatic rings. The molecule has 0 saturated heterocycles. The Balaban J connectivity index is 1.47. The van der Waals surface area contributed by atoms with Crippen LogP contribution in [0.4, 0.5) is 5.69 Å². The number of nitrogens with zero attached hydrogens (tertiary/aromatic N) is 4. The predicted molar refractivity (Wildman–Crippen MR) is 104 cm³/mol. The summed E-state index contributed by atoms with van der Waals surface area (Å²) in [4.78, 5) is 46.0. The van der Waals surface area contributed by atoms with E-state index in [1.165, 1.54) is 4.90 Å². The smallest absolute Gasteiger partial charge is 0.260 e. The molecule has 2 aliphatic rings. The van der Waals surface area contributed by atoms with Crippen molar-refractivity contribution >= 4 is 23.4 Å². The molecule has 0 radical (unpaired) electrons. The van der Waals surface area contributed by atoms with Crippen molar-refractivity contribution in [2.24, 2.45) is 0 Å². The molecule has 0 fully saturated rings. The van der Waals surface area contributed by atoms with Crippen molar-refractivity contribution in [2.45, 2.75) is 19.6 Å². The van der Waals surface area contributed by atoms with Crippen LogP contribution in [0.5, 0.6) is 0 Å². The Bertz CT molecular complexity index is 1190. The molecule has 1 aromatic heterocycles. The Morgan fingerprint density at radius 3 is 2.57 bits per heavy atom. The van der Waals surface area contributed by atoms with Crippen LogP contribution in [-0.4, -0.2) is 39.3 Å². The molecular formula is C21H17N5O4. The van der Waals surface area contributed by atoms with Crippen molar-refractivity contribution in [3.8, 4) is 0 Å². The topological polar surface area (TPSA) is 109 Å². The summed E-state index contributed by atoms with van der Waals surface area (Å²) in [7, 11) is 0. The zero-order valence-electron chi connectivity index (χ0n) is 16.0. The van der Waals surface area contributed by atoms with E-state index in [9.17, 15) is 14.4 Å². The molecule has 2 aliphatic heterocycles. The molecule has 0 saturated carbocycles. The number of amides is 3. The minimum absolute atomic E-state index is 0.0577. The highest BCUT2D eigenvalue weighted by molar-refractivity contribution is 6.17. The molecule has 0 unspecified atom stereocenters. The summed E-state index contributed by atoms with van der Waals surface area (Å²) >= 11 is 0. The van der Waals surface area contributed by atoms with Crippen LogP contribution in [0.3, 0.4) is 0 Å². The molecule has 3 heterocycles. The fourth-order valence-corrected chi connectivity index (χ4v) is 3.93. The van der Waals surface area contributed by atoms with Gasteiger partial charge in [-0.05, 0) is 25.1 Å². The Hall–Kier alpha value is -4.01. The number of aryl methyl sites for hydroxylation is 1. The number of para-hydroxylation sites is 1. The second kappa shape index (κ2) is 6.80. The minimum atomic E-state index is -0.674. The first-order valence-electron chi connectivity index (χ1n) is 9.43. The summed E-state index contributed by atoms with van der Waals surface area (Å²) in [6.07, 6.45) is -0.674. The van der Waals surface area contributed by atoms with Gasteiger partial charge >= 0.3 is 0 Å². The zero-order valence-corrected chi connectivity index (χ0v) is 16.0. The van der Waals surface area contributed by atoms with Gasteiger partial charge in [0.25, 0.3) is 11.8 Å². The van der Waals surface area contributed by atoms with Gasteiger partial charge in [-0.1, -0.05) is 35.5 Å². The summed E-state index contributed by atoms with van der Waals surface area (Å²) in [5, 5.41) is 6.36. The predicted octanol–water partition coefficient (Wildman–Crippen LogP) is 1.81. The van der Waals surface area contributed by atoms with Crippen molar-refractivity contribution < 1.29 is 18.9 Å². The largest absolute Gasteiger partial charge is 0.345 e. The SMILES string of the molecule is Cc1noc(CNC(=O)CN2C(=O)c3ccccc3N3C(=O)c4ccccc4[C@@H]23)n1. The number of carbonyl (C=O) groups is 3. The molecule has 1 N–H and O–H groups in total. The van der Waals surface area contributed by atoms with Gasteiger partial charge in [0.05, 0.1) is 17.8 Å². The number of carbonyl (C=O) groups excluding carboxylic acids is 3. The molecule has 0 aliphatic carbocycles. The molecule has 1 atom stereocenters. The Kier molecular flexibility index (Phi) is 4.09. The molecule has 9 nitrogen and oxygen atoms in total. The fraction of sp³-hybridized carbons (Fsp3) is 0.190. The molecule has 30 heavy (non-hydrogen) atoms. The Morgan fingerprint density at radius 2 is 1.80 bits per heavy atom. The van der Waals surface area contributed by atoms with Gasteiger partial charge in [0, 0.05) is 11.1 Å². The lowest BCUT2D eigenvalue weighted by molar-refractivity contribution is -0.122. The van der Waals surface area contributed by atoms with Crippen molar-refractivity contribution in [3.05, 3.63) is 76.9 Å².